The molecule has 2 aromatic carbocycles. The van der Waals surface area contributed by atoms with Crippen molar-refractivity contribution in [2.45, 2.75) is 12.7 Å². The van der Waals surface area contributed by atoms with Crippen molar-refractivity contribution in [1.29, 1.82) is 0 Å². The molecule has 5 nitrogen and oxygen atoms in total. The standard InChI is InChI=1S/C18H15ClFN3O2S/c1-11-14(19)3-2-4-15(11)21-16(24)9-26-10-17-22-18(23-25-17)12-5-7-13(20)8-6-12/h2-8H,9-10H2,1H3,(H,21,24). The Labute approximate surface area is 158 Å². The van der Waals surface area contributed by atoms with Crippen LogP contribution in [0.4, 0.5) is 10.1 Å². The van der Waals surface area contributed by atoms with Gasteiger partial charge in [-0.05, 0) is 48.9 Å². The van der Waals surface area contributed by atoms with Crippen molar-refractivity contribution in [1.82, 2.24) is 10.1 Å². The van der Waals surface area contributed by atoms with E-state index in [9.17, 15) is 9.18 Å². The van der Waals surface area contributed by atoms with Crippen LogP contribution in [0.1, 0.15) is 11.5 Å². The van der Waals surface area contributed by atoms with E-state index < -0.39 is 0 Å². The van der Waals surface area contributed by atoms with Crippen molar-refractivity contribution in [3.05, 3.63) is 64.8 Å². The van der Waals surface area contributed by atoms with E-state index in [4.69, 9.17) is 16.1 Å². The van der Waals surface area contributed by atoms with Crippen LogP contribution in [-0.4, -0.2) is 21.8 Å². The van der Waals surface area contributed by atoms with Gasteiger partial charge in [0.2, 0.25) is 17.6 Å². The maximum atomic E-state index is 12.9. The number of benzene rings is 2. The molecule has 1 heterocycles. The van der Waals surface area contributed by atoms with E-state index >= 15 is 0 Å². The minimum absolute atomic E-state index is 0.140. The summed E-state index contributed by atoms with van der Waals surface area (Å²) >= 11 is 7.39. The van der Waals surface area contributed by atoms with Crippen molar-refractivity contribution in [3.8, 4) is 11.4 Å². The first-order chi connectivity index (χ1) is 12.5. The summed E-state index contributed by atoms with van der Waals surface area (Å²) in [7, 11) is 0. The molecular weight excluding hydrogens is 377 g/mol. The molecule has 1 N–H and O–H groups in total. The van der Waals surface area contributed by atoms with E-state index in [2.05, 4.69) is 15.5 Å². The monoisotopic (exact) mass is 391 g/mol. The molecule has 1 aromatic heterocycles. The maximum absolute atomic E-state index is 12.9. The van der Waals surface area contributed by atoms with Gasteiger partial charge in [0.25, 0.3) is 0 Å². The van der Waals surface area contributed by atoms with E-state index in [-0.39, 0.29) is 17.5 Å². The predicted octanol–water partition coefficient (Wildman–Crippen LogP) is 4.71. The number of nitrogens with one attached hydrogen (secondary N) is 1. The first-order valence-corrected chi connectivity index (χ1v) is 9.27. The topological polar surface area (TPSA) is 68.0 Å². The van der Waals surface area contributed by atoms with Crippen molar-refractivity contribution in [2.75, 3.05) is 11.1 Å². The van der Waals surface area contributed by atoms with Crippen molar-refractivity contribution >= 4 is 35.0 Å². The quantitative estimate of drug-likeness (QED) is 0.659. The minimum Gasteiger partial charge on any atom is -0.338 e. The van der Waals surface area contributed by atoms with Gasteiger partial charge in [-0.15, -0.1) is 11.8 Å². The predicted molar refractivity (Wildman–Crippen MR) is 101 cm³/mol. The highest BCUT2D eigenvalue weighted by Crippen LogP contribution is 2.23. The summed E-state index contributed by atoms with van der Waals surface area (Å²) in [4.78, 5) is 16.3. The lowest BCUT2D eigenvalue weighted by Gasteiger charge is -2.08. The van der Waals surface area contributed by atoms with Crippen LogP contribution in [0.2, 0.25) is 5.02 Å². The van der Waals surface area contributed by atoms with Gasteiger partial charge in [0.1, 0.15) is 5.82 Å². The molecule has 3 rings (SSSR count). The second kappa shape index (κ2) is 8.33. The Kier molecular flexibility index (Phi) is 5.90. The van der Waals surface area contributed by atoms with Gasteiger partial charge >= 0.3 is 0 Å². The van der Waals surface area contributed by atoms with E-state index in [1.54, 1.807) is 30.3 Å². The molecule has 0 saturated carbocycles. The Morgan fingerprint density at radius 1 is 1.27 bits per heavy atom. The van der Waals surface area contributed by atoms with Gasteiger partial charge in [-0.1, -0.05) is 22.8 Å². The summed E-state index contributed by atoms with van der Waals surface area (Å²) in [5.41, 5.74) is 2.19. The number of nitrogens with zero attached hydrogens (tertiary/aromatic N) is 2. The van der Waals surface area contributed by atoms with Crippen molar-refractivity contribution in [2.24, 2.45) is 0 Å². The lowest BCUT2D eigenvalue weighted by Crippen LogP contribution is -2.15. The smallest absolute Gasteiger partial charge is 0.236 e. The van der Waals surface area contributed by atoms with Gasteiger partial charge < -0.3 is 9.84 Å². The fraction of sp³-hybridized carbons (Fsp3) is 0.167. The summed E-state index contributed by atoms with van der Waals surface area (Å²) in [6, 6.07) is 11.2. The SMILES string of the molecule is Cc1c(Cl)cccc1NC(=O)CSCc1nc(-c2ccc(F)cc2)no1. The van der Waals surface area contributed by atoms with Crippen LogP contribution in [0.3, 0.4) is 0 Å². The minimum atomic E-state index is -0.325. The fourth-order valence-electron chi connectivity index (χ4n) is 2.19. The summed E-state index contributed by atoms with van der Waals surface area (Å²) < 4.78 is 18.1. The zero-order valence-electron chi connectivity index (χ0n) is 13.8. The van der Waals surface area contributed by atoms with Crippen LogP contribution in [0, 0.1) is 12.7 Å². The molecule has 0 spiro atoms. The summed E-state index contributed by atoms with van der Waals surface area (Å²) in [6.07, 6.45) is 0. The number of anilines is 1. The molecular formula is C18H15ClFN3O2S. The molecule has 0 fully saturated rings. The Balaban J connectivity index is 1.51. The van der Waals surface area contributed by atoms with Gasteiger partial charge in [-0.2, -0.15) is 4.98 Å². The molecule has 0 unspecified atom stereocenters. The van der Waals surface area contributed by atoms with Crippen LogP contribution in [0.5, 0.6) is 0 Å². The number of carbonyl (C=O) groups is 1. The normalized spacial score (nSPS) is 10.7. The van der Waals surface area contributed by atoms with Crippen molar-refractivity contribution < 1.29 is 13.7 Å². The summed E-state index contributed by atoms with van der Waals surface area (Å²) in [5.74, 6) is 0.962. The molecule has 3 aromatic rings. The number of carbonyl (C=O) groups excluding carboxylic acids is 1. The molecule has 0 aliphatic rings. The second-order valence-corrected chi connectivity index (χ2v) is 6.86. The van der Waals surface area contributed by atoms with E-state index in [1.807, 2.05) is 6.92 Å². The summed E-state index contributed by atoms with van der Waals surface area (Å²) in [6.45, 7) is 1.85. The molecule has 8 heteroatoms. The third-order valence-corrected chi connectivity index (χ3v) is 4.90. The number of halogens is 2. The van der Waals surface area contributed by atoms with Gasteiger partial charge in [-0.3, -0.25) is 4.79 Å². The molecule has 0 aliphatic heterocycles. The van der Waals surface area contributed by atoms with Crippen LogP contribution < -0.4 is 5.32 Å². The number of rotatable bonds is 6. The Bertz CT molecular complexity index is 915. The third-order valence-electron chi connectivity index (χ3n) is 3.57. The van der Waals surface area contributed by atoms with Gasteiger partial charge in [0.05, 0.1) is 11.5 Å². The summed E-state index contributed by atoms with van der Waals surface area (Å²) in [5, 5.41) is 7.30. The average molecular weight is 392 g/mol. The first kappa shape index (κ1) is 18.4. The number of thioether (sulfide) groups is 1. The van der Waals surface area contributed by atoms with Gasteiger partial charge in [-0.25, -0.2) is 4.39 Å². The average Bonchev–Trinajstić information content (AvgIpc) is 3.08. The van der Waals surface area contributed by atoms with Crippen LogP contribution in [0.25, 0.3) is 11.4 Å². The Hall–Kier alpha value is -2.38. The third kappa shape index (κ3) is 4.62. The molecule has 134 valence electrons. The number of hydrogen-bond donors (Lipinski definition) is 1. The van der Waals surface area contributed by atoms with E-state index in [1.165, 1.54) is 23.9 Å². The zero-order valence-corrected chi connectivity index (χ0v) is 15.4. The maximum Gasteiger partial charge on any atom is 0.236 e. The fourth-order valence-corrected chi connectivity index (χ4v) is 3.02. The highest BCUT2D eigenvalue weighted by atomic mass is 35.5. The van der Waals surface area contributed by atoms with Crippen molar-refractivity contribution in [3.63, 3.8) is 0 Å². The van der Waals surface area contributed by atoms with E-state index in [0.29, 0.717) is 33.7 Å². The molecule has 26 heavy (non-hydrogen) atoms. The molecule has 0 bridgehead atoms. The zero-order chi connectivity index (χ0) is 18.5. The highest BCUT2D eigenvalue weighted by Gasteiger charge is 2.11. The first-order valence-electron chi connectivity index (χ1n) is 7.74. The molecule has 1 amide bonds. The lowest BCUT2D eigenvalue weighted by atomic mass is 10.2. The number of amides is 1. The number of aromatic nitrogens is 2. The lowest BCUT2D eigenvalue weighted by molar-refractivity contribution is -0.113. The number of hydrogen-bond acceptors (Lipinski definition) is 5. The Morgan fingerprint density at radius 2 is 2.04 bits per heavy atom. The van der Waals surface area contributed by atoms with Crippen LogP contribution >= 0.6 is 23.4 Å². The van der Waals surface area contributed by atoms with E-state index in [0.717, 1.165) is 5.56 Å². The molecule has 0 aliphatic carbocycles. The van der Waals surface area contributed by atoms with Crippen LogP contribution in [0.15, 0.2) is 47.0 Å². The van der Waals surface area contributed by atoms with Gasteiger partial charge in [0.15, 0.2) is 0 Å². The largest absolute Gasteiger partial charge is 0.338 e. The Morgan fingerprint density at radius 3 is 2.81 bits per heavy atom. The molecule has 0 saturated heterocycles. The van der Waals surface area contributed by atoms with Gasteiger partial charge in [0, 0.05) is 16.3 Å². The molecule has 0 atom stereocenters. The van der Waals surface area contributed by atoms with Crippen LogP contribution in [-0.2, 0) is 10.5 Å². The molecule has 0 radical (unpaired) electrons. The second-order valence-electron chi connectivity index (χ2n) is 5.47. The highest BCUT2D eigenvalue weighted by molar-refractivity contribution is 7.99.